The van der Waals surface area contributed by atoms with Gasteiger partial charge >= 0.3 is 29.8 Å². The van der Waals surface area contributed by atoms with Gasteiger partial charge in [0.25, 0.3) is 5.56 Å². The monoisotopic (exact) mass is 1060 g/mol. The second-order valence-electron chi connectivity index (χ2n) is 17.4. The largest absolute Gasteiger partial charge is 0.508 e. The van der Waals surface area contributed by atoms with Gasteiger partial charge in [-0.2, -0.15) is 0 Å². The van der Waals surface area contributed by atoms with Gasteiger partial charge in [0.2, 0.25) is 5.60 Å². The van der Waals surface area contributed by atoms with E-state index in [1.165, 1.54) is 17.7 Å². The van der Waals surface area contributed by atoms with Gasteiger partial charge in [-0.1, -0.05) is 20.8 Å². The molecule has 2 aliphatic rings. The average Bonchev–Trinajstić information content (AvgIpc) is 3.78. The summed E-state index contributed by atoms with van der Waals surface area (Å²) in [6.45, 7) is 0.658. The Kier molecular flexibility index (Phi) is 23.0. The van der Waals surface area contributed by atoms with Crippen LogP contribution in [0.5, 0.6) is 5.75 Å². The maximum atomic E-state index is 14.1. The number of aromatic hydroxyl groups is 1. The van der Waals surface area contributed by atoms with Crippen molar-refractivity contribution < 1.29 is 107 Å². The van der Waals surface area contributed by atoms with E-state index in [1.54, 1.807) is 32.0 Å². The minimum Gasteiger partial charge on any atom is -0.508 e. The first kappa shape index (κ1) is 59.9. The van der Waals surface area contributed by atoms with Crippen LogP contribution >= 0.6 is 0 Å². The molecule has 1 aromatic carbocycles. The molecule has 0 saturated carbocycles. The number of nitrogens with zero attached hydrogens (tertiary/aromatic N) is 2. The van der Waals surface area contributed by atoms with Crippen molar-refractivity contribution in [3.63, 3.8) is 0 Å². The Morgan fingerprint density at radius 3 is 1.87 bits per heavy atom. The van der Waals surface area contributed by atoms with Crippen molar-refractivity contribution in [2.45, 2.75) is 134 Å². The van der Waals surface area contributed by atoms with Crippen molar-refractivity contribution in [1.82, 2.24) is 9.55 Å². The number of carboxylic acid groups (broad SMARTS) is 1. The second kappa shape index (κ2) is 28.8. The van der Waals surface area contributed by atoms with Gasteiger partial charge in [0.15, 0.2) is 18.9 Å². The molecule has 4 heterocycles. The predicted molar refractivity (Wildman–Crippen MR) is 255 cm³/mol. The number of aromatic nitrogens is 2. The SMILES string of the molecule is CCc1c2c(nc3ccc(O)cc13)-c1cc3c(c(=O)n1C2)COC(=O)[C@@]3(CC)OC(=O)CCC(=O)CCC(=O)OCC(OCC(CO)OC(COC(=O)CCC(=O)O)OCC(CO)OC(CO)OC)OC(CC)CO. The first-order valence-corrected chi connectivity index (χ1v) is 24.5. The molecule has 2 aromatic heterocycles. The van der Waals surface area contributed by atoms with Crippen molar-refractivity contribution in [2.24, 2.45) is 0 Å². The van der Waals surface area contributed by atoms with E-state index in [4.69, 9.17) is 57.5 Å². The number of hydrogen-bond acceptors (Lipinski definition) is 23. The van der Waals surface area contributed by atoms with Gasteiger partial charge in [0.05, 0.1) is 100 Å². The highest BCUT2D eigenvalue weighted by atomic mass is 16.7. The number of benzene rings is 1. The molecular formula is C50H66N2O23. The van der Waals surface area contributed by atoms with Crippen LogP contribution in [0.4, 0.5) is 0 Å². The summed E-state index contributed by atoms with van der Waals surface area (Å²) in [5.74, 6) is -5.32. The van der Waals surface area contributed by atoms with Crippen LogP contribution in [0.1, 0.15) is 94.4 Å². The summed E-state index contributed by atoms with van der Waals surface area (Å²) in [6, 6.07) is 6.43. The number of aryl methyl sites for hydroxylation is 1. The molecule has 0 spiro atoms. The van der Waals surface area contributed by atoms with E-state index in [0.717, 1.165) is 16.5 Å². The van der Waals surface area contributed by atoms with E-state index in [9.17, 15) is 59.1 Å². The molecule has 0 radical (unpaired) electrons. The number of rotatable bonds is 34. The summed E-state index contributed by atoms with van der Waals surface area (Å²) >= 11 is 0. The number of aliphatic hydroxyl groups is 4. The van der Waals surface area contributed by atoms with Crippen molar-refractivity contribution >= 4 is 46.5 Å². The lowest BCUT2D eigenvalue weighted by Crippen LogP contribution is -2.47. The lowest BCUT2D eigenvalue weighted by Gasteiger charge is -2.35. The highest BCUT2D eigenvalue weighted by Gasteiger charge is 2.50. The number of pyridine rings is 2. The number of aliphatic hydroxyl groups excluding tert-OH is 4. The number of carbonyl (C=O) groups excluding carboxylic acids is 5. The molecule has 25 heteroatoms. The molecule has 5 rings (SSSR count). The minimum absolute atomic E-state index is 0.0681. The molecule has 0 bridgehead atoms. The molecule has 2 aliphatic heterocycles. The summed E-state index contributed by atoms with van der Waals surface area (Å²) in [5.41, 5.74) is 0.997. The third-order valence-corrected chi connectivity index (χ3v) is 12.4. The summed E-state index contributed by atoms with van der Waals surface area (Å²) in [4.78, 5) is 94.9. The van der Waals surface area contributed by atoms with Crippen LogP contribution in [0.15, 0.2) is 29.1 Å². The number of methoxy groups -OCH3 is 1. The van der Waals surface area contributed by atoms with Crippen LogP contribution in [-0.4, -0.2) is 173 Å². The topological polar surface area (TPSA) is 351 Å². The average molecular weight is 1060 g/mol. The van der Waals surface area contributed by atoms with Gasteiger partial charge in [0.1, 0.15) is 43.6 Å². The molecule has 0 aliphatic carbocycles. The van der Waals surface area contributed by atoms with Crippen LogP contribution in [0, 0.1) is 0 Å². The summed E-state index contributed by atoms with van der Waals surface area (Å²) in [5, 5.41) is 59.0. The number of phenolic OH excluding ortho intramolecular Hbond substituents is 1. The number of fused-ring (bicyclic) bond motifs is 5. The fourth-order valence-corrected chi connectivity index (χ4v) is 8.28. The molecule has 6 unspecified atom stereocenters. The maximum Gasteiger partial charge on any atom is 0.355 e. The molecular weight excluding hydrogens is 997 g/mol. The number of aliphatic carboxylic acids is 1. The zero-order valence-electron chi connectivity index (χ0n) is 42.2. The zero-order valence-corrected chi connectivity index (χ0v) is 42.2. The third kappa shape index (κ3) is 15.8. The van der Waals surface area contributed by atoms with Gasteiger partial charge in [-0.15, -0.1) is 0 Å². The van der Waals surface area contributed by atoms with Gasteiger partial charge in [-0.3, -0.25) is 28.8 Å². The Morgan fingerprint density at radius 1 is 0.733 bits per heavy atom. The fourth-order valence-electron chi connectivity index (χ4n) is 8.28. The van der Waals surface area contributed by atoms with Crippen LogP contribution in [0.3, 0.4) is 0 Å². The first-order valence-electron chi connectivity index (χ1n) is 24.5. The summed E-state index contributed by atoms with van der Waals surface area (Å²) in [6.07, 6.45) is -8.99. The molecule has 0 fully saturated rings. The van der Waals surface area contributed by atoms with Crippen LogP contribution in [0.2, 0.25) is 0 Å². The van der Waals surface area contributed by atoms with Gasteiger partial charge in [-0.25, -0.2) is 9.78 Å². The van der Waals surface area contributed by atoms with Crippen LogP contribution < -0.4 is 5.56 Å². The molecule has 75 heavy (non-hydrogen) atoms. The number of esters is 4. The number of phenols is 1. The zero-order chi connectivity index (χ0) is 54.8. The molecule has 0 amide bonds. The van der Waals surface area contributed by atoms with Crippen molar-refractivity contribution in [3.05, 3.63) is 56.9 Å². The number of ether oxygens (including phenoxy) is 10. The Balaban J connectivity index is 1.17. The van der Waals surface area contributed by atoms with Crippen molar-refractivity contribution in [1.29, 1.82) is 0 Å². The Bertz CT molecular complexity index is 2520. The summed E-state index contributed by atoms with van der Waals surface area (Å²) in [7, 11) is 1.25. The number of ketones is 1. The van der Waals surface area contributed by atoms with Gasteiger partial charge in [0, 0.05) is 36.5 Å². The summed E-state index contributed by atoms with van der Waals surface area (Å²) < 4.78 is 56.5. The minimum atomic E-state index is -2.02. The van der Waals surface area contributed by atoms with E-state index >= 15 is 0 Å². The maximum absolute atomic E-state index is 14.1. The molecule has 0 saturated heterocycles. The third-order valence-electron chi connectivity index (χ3n) is 12.4. The second-order valence-corrected chi connectivity index (χ2v) is 17.4. The van der Waals surface area contributed by atoms with Gasteiger partial charge in [-0.05, 0) is 49.1 Å². The smallest absolute Gasteiger partial charge is 0.355 e. The van der Waals surface area contributed by atoms with Crippen LogP contribution in [0.25, 0.3) is 22.3 Å². The molecule has 414 valence electrons. The molecule has 7 atom stereocenters. The highest BCUT2D eigenvalue weighted by Crippen LogP contribution is 2.42. The Hall–Kier alpha value is -6.00. The number of carboxylic acids is 1. The quantitative estimate of drug-likeness (QED) is 0.0217. The van der Waals surface area contributed by atoms with E-state index in [-0.39, 0.29) is 49.3 Å². The van der Waals surface area contributed by atoms with Crippen LogP contribution in [-0.2, 0) is 101 Å². The van der Waals surface area contributed by atoms with Gasteiger partial charge < -0.3 is 82.6 Å². The Labute approximate surface area is 430 Å². The van der Waals surface area contributed by atoms with Crippen molar-refractivity contribution in [2.75, 3.05) is 60.0 Å². The highest BCUT2D eigenvalue weighted by molar-refractivity contribution is 5.91. The number of hydrogen-bond donors (Lipinski definition) is 6. The van der Waals surface area contributed by atoms with E-state index < -0.39 is 163 Å². The van der Waals surface area contributed by atoms with E-state index in [2.05, 4.69) is 0 Å². The number of Topliss-reactive ketones (excluding diaryl/α,β-unsaturated/α-hetero) is 1. The molecule has 3 aromatic rings. The lowest BCUT2D eigenvalue weighted by atomic mass is 9.85. The Morgan fingerprint density at radius 2 is 1.32 bits per heavy atom. The van der Waals surface area contributed by atoms with E-state index in [1.807, 2.05) is 6.92 Å². The molecule has 25 nitrogen and oxygen atoms in total. The fraction of sp³-hybridized carbons (Fsp3) is 0.600. The predicted octanol–water partition coefficient (Wildman–Crippen LogP) is 1.17. The normalized spacial score (nSPS) is 17.1. The van der Waals surface area contributed by atoms with E-state index in [0.29, 0.717) is 29.7 Å². The lowest BCUT2D eigenvalue weighted by molar-refractivity contribution is -0.254. The molecule has 6 N–H and O–H groups in total. The van der Waals surface area contributed by atoms with Crippen molar-refractivity contribution in [3.8, 4) is 17.1 Å². The standard InChI is InChI=1S/C50H66N2O23/c1-5-30(19-53)72-45(69-24-32(21-55)74-46(27-68-42(62)15-12-40(59)60)70-23-31(20-54)73-44(22-56)66-4)26-67-41(61)13-9-28(57)10-14-43(63)75-50(7-3)37-17-39-47-35(18-52(39)48(64)36(37)25-71-49(50)65)33(6-2)34-16-29(58)8-11-38(34)51-47/h8,11,16-17,30-32,44-46,53-56,58H,5-7,9-10,12-15,18-27H2,1-4H3,(H,59,60)/t30?,31?,32?,44?,45?,46?,50-/m0/s1. The number of carbonyl (C=O) groups is 6. The number of cyclic esters (lactones) is 1. The first-order chi connectivity index (χ1) is 36.0.